The maximum absolute atomic E-state index is 4.11. The van der Waals surface area contributed by atoms with E-state index in [9.17, 15) is 0 Å². The lowest BCUT2D eigenvalue weighted by molar-refractivity contribution is 1.45. The average Bonchev–Trinajstić information content (AvgIpc) is 2.57. The molecule has 0 heteroatoms. The topological polar surface area (TPSA) is 0 Å². The van der Waals surface area contributed by atoms with Crippen LogP contribution in [0.15, 0.2) is 84.5 Å². The predicted molar refractivity (Wildman–Crippen MR) is 84.6 cm³/mol. The van der Waals surface area contributed by atoms with Crippen LogP contribution in [0.3, 0.4) is 0 Å². The van der Waals surface area contributed by atoms with Crippen LogP contribution in [-0.2, 0) is 0 Å². The van der Waals surface area contributed by atoms with E-state index < -0.39 is 0 Å². The van der Waals surface area contributed by atoms with E-state index in [1.54, 1.807) is 0 Å². The first-order valence-corrected chi connectivity index (χ1v) is 6.15. The summed E-state index contributed by atoms with van der Waals surface area (Å²) >= 11 is 0. The molecule has 1 aromatic carbocycles. The second-order valence-corrected chi connectivity index (χ2v) is 4.49. The molecule has 93 valence electrons. The van der Waals surface area contributed by atoms with Gasteiger partial charge in [-0.1, -0.05) is 74.4 Å². The van der Waals surface area contributed by atoms with Crippen LogP contribution in [0.25, 0.3) is 12.2 Å². The van der Waals surface area contributed by atoms with Gasteiger partial charge < -0.3 is 0 Å². The molecule has 1 aromatic rings. The lowest BCUT2D eigenvalue weighted by Gasteiger charge is -2.12. The predicted octanol–water partition coefficient (Wildman–Crippen LogP) is 3.25. The Kier molecular flexibility index (Phi) is 3.82. The number of hydrogen-bond donors (Lipinski definition) is 0. The van der Waals surface area contributed by atoms with E-state index in [0.29, 0.717) is 0 Å². The van der Waals surface area contributed by atoms with Gasteiger partial charge in [0.25, 0.3) is 0 Å². The Labute approximate surface area is 114 Å². The summed E-state index contributed by atoms with van der Waals surface area (Å²) in [5.41, 5.74) is 3.77. The lowest BCUT2D eigenvalue weighted by Crippen LogP contribution is -2.26. The van der Waals surface area contributed by atoms with Gasteiger partial charge in [0.05, 0.1) is 0 Å². The summed E-state index contributed by atoms with van der Waals surface area (Å²) in [4.78, 5) is 0. The quantitative estimate of drug-likeness (QED) is 0.750. The summed E-state index contributed by atoms with van der Waals surface area (Å²) in [6, 6.07) is 8.01. The highest BCUT2D eigenvalue weighted by atomic mass is 14.1. The molecule has 0 bridgehead atoms. The van der Waals surface area contributed by atoms with Crippen molar-refractivity contribution in [2.75, 3.05) is 0 Å². The first-order valence-electron chi connectivity index (χ1n) is 6.15. The first kappa shape index (κ1) is 13.1. The summed E-state index contributed by atoms with van der Waals surface area (Å²) in [5.74, 6) is 0. The fourth-order valence-electron chi connectivity index (χ4n) is 2.12. The zero-order valence-corrected chi connectivity index (χ0v) is 11.0. The maximum Gasteiger partial charge on any atom is -0.00735 e. The normalized spacial score (nSPS) is 15.8. The molecule has 19 heavy (non-hydrogen) atoms. The molecular formula is C19H17. The van der Waals surface area contributed by atoms with Crippen LogP contribution in [0, 0.1) is 6.92 Å². The number of rotatable bonds is 2. The Morgan fingerprint density at radius 3 is 2.37 bits per heavy atom. The van der Waals surface area contributed by atoms with E-state index in [4.69, 9.17) is 0 Å². The van der Waals surface area contributed by atoms with E-state index in [2.05, 4.69) is 26.7 Å². The largest absolute Gasteiger partial charge is 0.0952 e. The molecule has 0 nitrogen and oxygen atoms in total. The summed E-state index contributed by atoms with van der Waals surface area (Å²) in [7, 11) is 0. The van der Waals surface area contributed by atoms with Gasteiger partial charge in [-0.15, -0.1) is 0 Å². The molecule has 0 saturated heterocycles. The standard InChI is InChI=1S/C19H17/c1-14(2)19(18-13-9-8-11-16(18)4)17-12-7-5-6-10-15(17)3/h5-13H,1-4H2/b19-18+. The number of allylic oxidation sites excluding steroid dienone is 8. The third-order valence-electron chi connectivity index (χ3n) is 3.04. The van der Waals surface area contributed by atoms with Crippen LogP contribution in [0.5, 0.6) is 0 Å². The minimum Gasteiger partial charge on any atom is -0.0952 e. The molecule has 1 aliphatic carbocycles. The highest BCUT2D eigenvalue weighted by molar-refractivity contribution is 5.84. The van der Waals surface area contributed by atoms with Crippen LogP contribution < -0.4 is 10.4 Å². The Balaban J connectivity index is 2.81. The van der Waals surface area contributed by atoms with Crippen LogP contribution in [-0.4, -0.2) is 0 Å². The smallest absolute Gasteiger partial charge is 0.00735 e. The number of hydrogen-bond acceptors (Lipinski definition) is 0. The number of benzene rings is 1. The van der Waals surface area contributed by atoms with Crippen LogP contribution in [0.1, 0.15) is 0 Å². The Bertz CT molecular complexity index is 722. The first-order chi connectivity index (χ1) is 9.11. The van der Waals surface area contributed by atoms with Gasteiger partial charge in [0.15, 0.2) is 0 Å². The molecule has 0 saturated carbocycles. The minimum absolute atomic E-state index is 0.771. The molecule has 0 fully saturated rings. The second kappa shape index (κ2) is 5.53. The third kappa shape index (κ3) is 2.74. The van der Waals surface area contributed by atoms with Gasteiger partial charge in [0, 0.05) is 0 Å². The van der Waals surface area contributed by atoms with Crippen molar-refractivity contribution in [2.24, 2.45) is 0 Å². The molecule has 0 spiro atoms. The van der Waals surface area contributed by atoms with Gasteiger partial charge in [-0.05, 0) is 39.7 Å². The molecule has 1 aliphatic rings. The van der Waals surface area contributed by atoms with E-state index in [0.717, 1.165) is 32.7 Å². The van der Waals surface area contributed by atoms with Gasteiger partial charge in [-0.25, -0.2) is 0 Å². The van der Waals surface area contributed by atoms with Crippen molar-refractivity contribution in [1.82, 2.24) is 0 Å². The minimum atomic E-state index is 0.771. The SMILES string of the molecule is [CH2]C(=C)/C(C1=CC=CC=CC1=C)=c1/ccccc1=C. The lowest BCUT2D eigenvalue weighted by atomic mass is 9.91. The summed E-state index contributed by atoms with van der Waals surface area (Å²) in [5, 5.41) is 2.02. The fourth-order valence-corrected chi connectivity index (χ4v) is 2.12. The van der Waals surface area contributed by atoms with Crippen LogP contribution in [0.4, 0.5) is 0 Å². The van der Waals surface area contributed by atoms with E-state index in [1.807, 2.05) is 54.6 Å². The van der Waals surface area contributed by atoms with Crippen molar-refractivity contribution in [3.8, 4) is 0 Å². The second-order valence-electron chi connectivity index (χ2n) is 4.49. The highest BCUT2D eigenvalue weighted by Crippen LogP contribution is 2.25. The van der Waals surface area contributed by atoms with E-state index in [-0.39, 0.29) is 0 Å². The fraction of sp³-hybridized carbons (Fsp3) is 0. The molecule has 0 N–H and O–H groups in total. The Hall–Kier alpha value is -2.34. The zero-order valence-electron chi connectivity index (χ0n) is 11.0. The van der Waals surface area contributed by atoms with Crippen LogP contribution >= 0.6 is 0 Å². The Morgan fingerprint density at radius 2 is 1.68 bits per heavy atom. The molecule has 0 atom stereocenters. The highest BCUT2D eigenvalue weighted by Gasteiger charge is 2.10. The van der Waals surface area contributed by atoms with Gasteiger partial charge in [-0.2, -0.15) is 0 Å². The molecule has 2 rings (SSSR count). The summed E-state index contributed by atoms with van der Waals surface area (Å²) in [6.45, 7) is 16.2. The van der Waals surface area contributed by atoms with Gasteiger partial charge >= 0.3 is 0 Å². The summed E-state index contributed by atoms with van der Waals surface area (Å²) in [6.07, 6.45) is 9.99. The summed E-state index contributed by atoms with van der Waals surface area (Å²) < 4.78 is 0. The average molecular weight is 245 g/mol. The molecule has 0 heterocycles. The van der Waals surface area contributed by atoms with E-state index >= 15 is 0 Å². The van der Waals surface area contributed by atoms with Crippen molar-refractivity contribution >= 4 is 12.2 Å². The molecule has 0 amide bonds. The zero-order chi connectivity index (χ0) is 13.8. The third-order valence-corrected chi connectivity index (χ3v) is 3.04. The Morgan fingerprint density at radius 1 is 0.947 bits per heavy atom. The van der Waals surface area contributed by atoms with Gasteiger partial charge in [0.1, 0.15) is 0 Å². The van der Waals surface area contributed by atoms with Crippen LogP contribution in [0.2, 0.25) is 0 Å². The molecule has 1 radical (unpaired) electrons. The molecule has 0 unspecified atom stereocenters. The van der Waals surface area contributed by atoms with Gasteiger partial charge in [0.2, 0.25) is 0 Å². The van der Waals surface area contributed by atoms with Crippen molar-refractivity contribution < 1.29 is 0 Å². The van der Waals surface area contributed by atoms with Crippen molar-refractivity contribution in [3.05, 3.63) is 102 Å². The van der Waals surface area contributed by atoms with Crippen molar-refractivity contribution in [3.63, 3.8) is 0 Å². The molecular weight excluding hydrogens is 228 g/mol. The maximum atomic E-state index is 4.11. The monoisotopic (exact) mass is 245 g/mol. The van der Waals surface area contributed by atoms with Crippen molar-refractivity contribution in [1.29, 1.82) is 0 Å². The van der Waals surface area contributed by atoms with E-state index in [1.165, 1.54) is 0 Å². The van der Waals surface area contributed by atoms with Crippen molar-refractivity contribution in [2.45, 2.75) is 0 Å². The molecule has 0 aromatic heterocycles. The molecule has 0 aliphatic heterocycles. The van der Waals surface area contributed by atoms with Gasteiger partial charge in [-0.3, -0.25) is 0 Å².